The third-order valence-corrected chi connectivity index (χ3v) is 4.29. The van der Waals surface area contributed by atoms with Crippen LogP contribution in [0.3, 0.4) is 0 Å². The largest absolute Gasteiger partial charge is 0.478 e. The van der Waals surface area contributed by atoms with Gasteiger partial charge in [-0.25, -0.2) is 4.98 Å². The number of thioether (sulfide) groups is 1. The molecule has 2 heterocycles. The lowest BCUT2D eigenvalue weighted by molar-refractivity contribution is 0.263. The minimum Gasteiger partial charge on any atom is -0.478 e. The van der Waals surface area contributed by atoms with Gasteiger partial charge in [0, 0.05) is 36.2 Å². The molecule has 1 aliphatic heterocycles. The fourth-order valence-electron chi connectivity index (χ4n) is 2.22. The molecule has 1 aromatic carbocycles. The van der Waals surface area contributed by atoms with Crippen molar-refractivity contribution in [1.29, 1.82) is 0 Å². The summed E-state index contributed by atoms with van der Waals surface area (Å²) >= 11 is 2.01. The number of aromatic nitrogens is 1. The van der Waals surface area contributed by atoms with Gasteiger partial charge in [0.05, 0.1) is 12.1 Å². The fraction of sp³-hybridized carbons (Fsp3) is 0.400. The quantitative estimate of drug-likeness (QED) is 0.767. The molecule has 0 atom stereocenters. The van der Waals surface area contributed by atoms with E-state index in [2.05, 4.69) is 22.0 Å². The summed E-state index contributed by atoms with van der Waals surface area (Å²) in [5.74, 6) is 3.18. The zero-order chi connectivity index (χ0) is 12.9. The van der Waals surface area contributed by atoms with Gasteiger partial charge < -0.3 is 4.74 Å². The lowest BCUT2D eigenvalue weighted by Gasteiger charge is -2.13. The predicted molar refractivity (Wildman–Crippen MR) is 95.2 cm³/mol. The molecule has 0 saturated carbocycles. The molecule has 2 aromatic rings. The molecule has 0 radical (unpaired) electrons. The van der Waals surface area contributed by atoms with Crippen LogP contribution < -0.4 is 4.74 Å². The summed E-state index contributed by atoms with van der Waals surface area (Å²) in [6, 6.07) is 12.1. The summed E-state index contributed by atoms with van der Waals surface area (Å²) in [7, 11) is 0. The van der Waals surface area contributed by atoms with E-state index in [1.165, 1.54) is 18.2 Å². The van der Waals surface area contributed by atoms with Crippen molar-refractivity contribution >= 4 is 47.5 Å². The molecule has 21 heavy (non-hydrogen) atoms. The zero-order valence-electron chi connectivity index (χ0n) is 11.7. The van der Waals surface area contributed by atoms with Crippen LogP contribution in [0.2, 0.25) is 0 Å². The number of nitrogens with zero attached hydrogens (tertiary/aromatic N) is 2. The van der Waals surface area contributed by atoms with Crippen LogP contribution in [0.15, 0.2) is 36.4 Å². The second kappa shape index (κ2) is 9.36. The summed E-state index contributed by atoms with van der Waals surface area (Å²) < 4.78 is 5.73. The Hall–Kier alpha value is -0.680. The van der Waals surface area contributed by atoms with Crippen LogP contribution >= 0.6 is 36.6 Å². The summed E-state index contributed by atoms with van der Waals surface area (Å²) in [6.07, 6.45) is 1.06. The maximum absolute atomic E-state index is 5.73. The maximum atomic E-state index is 5.73. The molecule has 0 unspecified atom stereocenters. The number of ether oxygens (including phenoxy) is 1. The molecular formula is C15H20Cl2N2OS. The average Bonchev–Trinajstić information content (AvgIpc) is 2.97. The van der Waals surface area contributed by atoms with Crippen LogP contribution in [0.25, 0.3) is 10.9 Å². The minimum atomic E-state index is 0. The molecule has 0 N–H and O–H groups in total. The highest BCUT2D eigenvalue weighted by Gasteiger charge is 2.10. The molecule has 1 fully saturated rings. The first kappa shape index (κ1) is 18.4. The van der Waals surface area contributed by atoms with Crippen molar-refractivity contribution in [2.24, 2.45) is 0 Å². The third kappa shape index (κ3) is 5.22. The van der Waals surface area contributed by atoms with E-state index in [-0.39, 0.29) is 24.8 Å². The summed E-state index contributed by atoms with van der Waals surface area (Å²) in [4.78, 5) is 6.98. The second-order valence-electron chi connectivity index (χ2n) is 4.70. The number of benzene rings is 1. The van der Waals surface area contributed by atoms with Crippen LogP contribution in [0.5, 0.6) is 5.88 Å². The highest BCUT2D eigenvalue weighted by molar-refractivity contribution is 7.99. The topological polar surface area (TPSA) is 25.4 Å². The smallest absolute Gasteiger partial charge is 0.213 e. The molecule has 0 bridgehead atoms. The Morgan fingerprint density at radius 2 is 2.00 bits per heavy atom. The van der Waals surface area contributed by atoms with Crippen LogP contribution in [0.4, 0.5) is 0 Å². The van der Waals surface area contributed by atoms with Gasteiger partial charge in [-0.2, -0.15) is 0 Å². The monoisotopic (exact) mass is 346 g/mol. The van der Waals surface area contributed by atoms with E-state index in [0.717, 1.165) is 36.4 Å². The SMILES string of the molecule is Cl.Cl.c1ccc2nc(OCCCN3CCSC3)ccc2c1. The summed E-state index contributed by atoms with van der Waals surface area (Å²) in [5, 5.41) is 1.16. The lowest BCUT2D eigenvalue weighted by Crippen LogP contribution is -2.22. The van der Waals surface area contributed by atoms with Crippen molar-refractivity contribution in [2.75, 3.05) is 31.3 Å². The van der Waals surface area contributed by atoms with Gasteiger partial charge >= 0.3 is 0 Å². The molecular weight excluding hydrogens is 327 g/mol. The normalized spacial score (nSPS) is 14.5. The molecule has 0 aliphatic carbocycles. The third-order valence-electron chi connectivity index (χ3n) is 3.27. The van der Waals surface area contributed by atoms with E-state index in [0.29, 0.717) is 0 Å². The highest BCUT2D eigenvalue weighted by Crippen LogP contribution is 2.16. The van der Waals surface area contributed by atoms with Gasteiger partial charge in [-0.1, -0.05) is 18.2 Å². The molecule has 1 aromatic heterocycles. The first-order valence-electron chi connectivity index (χ1n) is 6.70. The molecule has 1 saturated heterocycles. The van der Waals surface area contributed by atoms with Crippen molar-refractivity contribution in [3.05, 3.63) is 36.4 Å². The van der Waals surface area contributed by atoms with Gasteiger partial charge in [0.2, 0.25) is 5.88 Å². The van der Waals surface area contributed by atoms with Crippen molar-refractivity contribution in [1.82, 2.24) is 9.88 Å². The van der Waals surface area contributed by atoms with Crippen molar-refractivity contribution in [2.45, 2.75) is 6.42 Å². The van der Waals surface area contributed by atoms with Crippen LogP contribution in [-0.4, -0.2) is 41.2 Å². The Bertz CT molecular complexity index is 550. The Labute approximate surface area is 142 Å². The summed E-state index contributed by atoms with van der Waals surface area (Å²) in [6.45, 7) is 3.09. The zero-order valence-corrected chi connectivity index (χ0v) is 14.2. The highest BCUT2D eigenvalue weighted by atomic mass is 35.5. The number of pyridine rings is 1. The van der Waals surface area contributed by atoms with Crippen LogP contribution in [0, 0.1) is 0 Å². The Morgan fingerprint density at radius 1 is 1.14 bits per heavy atom. The van der Waals surface area contributed by atoms with Crippen molar-refractivity contribution in [3.63, 3.8) is 0 Å². The van der Waals surface area contributed by atoms with E-state index in [4.69, 9.17) is 4.74 Å². The standard InChI is InChI=1S/C15H18N2OS.2ClH/c1-2-5-14-13(4-1)6-7-15(16-14)18-10-3-8-17-9-11-19-12-17;;/h1-2,4-7H,3,8-12H2;2*1H. The first-order valence-corrected chi connectivity index (χ1v) is 7.86. The number of halogens is 2. The Balaban J connectivity index is 0.00000110. The maximum Gasteiger partial charge on any atom is 0.213 e. The number of rotatable bonds is 5. The Kier molecular flexibility index (Phi) is 8.19. The first-order chi connectivity index (χ1) is 9.42. The number of hydrogen-bond acceptors (Lipinski definition) is 4. The predicted octanol–water partition coefficient (Wildman–Crippen LogP) is 3.85. The van der Waals surface area contributed by atoms with Gasteiger partial charge in [0.15, 0.2) is 0 Å². The number of hydrogen-bond donors (Lipinski definition) is 0. The van der Waals surface area contributed by atoms with Gasteiger partial charge in [0.25, 0.3) is 0 Å². The van der Waals surface area contributed by atoms with Gasteiger partial charge in [-0.3, -0.25) is 4.90 Å². The molecule has 0 amide bonds. The minimum absolute atomic E-state index is 0. The van der Waals surface area contributed by atoms with Crippen LogP contribution in [0.1, 0.15) is 6.42 Å². The molecule has 116 valence electrons. The van der Waals surface area contributed by atoms with Crippen LogP contribution in [-0.2, 0) is 0 Å². The van der Waals surface area contributed by atoms with Crippen molar-refractivity contribution < 1.29 is 4.74 Å². The van der Waals surface area contributed by atoms with Crippen molar-refractivity contribution in [3.8, 4) is 5.88 Å². The van der Waals surface area contributed by atoms with E-state index in [9.17, 15) is 0 Å². The Morgan fingerprint density at radius 3 is 2.81 bits per heavy atom. The number of para-hydroxylation sites is 1. The average molecular weight is 347 g/mol. The molecule has 3 rings (SSSR count). The fourth-order valence-corrected chi connectivity index (χ4v) is 3.25. The van der Waals surface area contributed by atoms with Gasteiger partial charge in [0.1, 0.15) is 0 Å². The van der Waals surface area contributed by atoms with E-state index >= 15 is 0 Å². The van der Waals surface area contributed by atoms with E-state index in [1.54, 1.807) is 0 Å². The molecule has 3 nitrogen and oxygen atoms in total. The van der Waals surface area contributed by atoms with E-state index < -0.39 is 0 Å². The molecule has 1 aliphatic rings. The van der Waals surface area contributed by atoms with E-state index in [1.807, 2.05) is 36.0 Å². The molecule has 6 heteroatoms. The summed E-state index contributed by atoms with van der Waals surface area (Å²) in [5.41, 5.74) is 0.996. The second-order valence-corrected chi connectivity index (χ2v) is 5.77. The van der Waals surface area contributed by atoms with Gasteiger partial charge in [-0.15, -0.1) is 36.6 Å². The number of fused-ring (bicyclic) bond motifs is 1. The molecule has 0 spiro atoms. The van der Waals surface area contributed by atoms with Gasteiger partial charge in [-0.05, 0) is 18.6 Å². The lowest BCUT2D eigenvalue weighted by atomic mass is 10.2.